The van der Waals surface area contributed by atoms with Crippen molar-refractivity contribution in [1.29, 1.82) is 0 Å². The summed E-state index contributed by atoms with van der Waals surface area (Å²) in [5.41, 5.74) is 3.50. The molecule has 0 fully saturated rings. The molecular weight excluding hydrogens is 252 g/mol. The first-order valence-corrected chi connectivity index (χ1v) is 7.32. The van der Waals surface area contributed by atoms with E-state index < -0.39 is 6.10 Å². The van der Waals surface area contributed by atoms with Gasteiger partial charge in [-0.2, -0.15) is 0 Å². The molecule has 0 saturated carbocycles. The van der Waals surface area contributed by atoms with Gasteiger partial charge in [-0.25, -0.2) is 0 Å². The van der Waals surface area contributed by atoms with E-state index in [0.29, 0.717) is 6.42 Å². The van der Waals surface area contributed by atoms with Gasteiger partial charge in [-0.3, -0.25) is 0 Å². The van der Waals surface area contributed by atoms with Crippen LogP contribution in [0, 0.1) is 6.92 Å². The lowest BCUT2D eigenvalue weighted by molar-refractivity contribution is 0.180. The maximum atomic E-state index is 10.5. The number of rotatable bonds is 3. The van der Waals surface area contributed by atoms with Gasteiger partial charge in [0.15, 0.2) is 0 Å². The average Bonchev–Trinajstić information content (AvgIpc) is 2.85. The summed E-state index contributed by atoms with van der Waals surface area (Å²) < 4.78 is 1.24. The number of hydrogen-bond acceptors (Lipinski definition) is 2. The third-order valence-corrected chi connectivity index (χ3v) is 4.53. The Morgan fingerprint density at radius 2 is 1.79 bits per heavy atom. The van der Waals surface area contributed by atoms with Crippen LogP contribution in [0.2, 0.25) is 0 Å². The first-order chi connectivity index (χ1) is 9.25. The zero-order chi connectivity index (χ0) is 13.2. The molecule has 19 heavy (non-hydrogen) atoms. The van der Waals surface area contributed by atoms with Gasteiger partial charge in [0.1, 0.15) is 0 Å². The lowest BCUT2D eigenvalue weighted by Gasteiger charge is -2.12. The Hall–Kier alpha value is -1.64. The van der Waals surface area contributed by atoms with Gasteiger partial charge in [0.25, 0.3) is 0 Å². The van der Waals surface area contributed by atoms with Crippen molar-refractivity contribution in [2.45, 2.75) is 19.4 Å². The van der Waals surface area contributed by atoms with Crippen LogP contribution in [0.15, 0.2) is 53.9 Å². The number of hydrogen-bond donors (Lipinski definition) is 1. The summed E-state index contributed by atoms with van der Waals surface area (Å²) in [5.74, 6) is 0. The molecular formula is C17H16OS. The van der Waals surface area contributed by atoms with Crippen LogP contribution in [0.4, 0.5) is 0 Å². The lowest BCUT2D eigenvalue weighted by Crippen LogP contribution is -2.02. The monoisotopic (exact) mass is 268 g/mol. The van der Waals surface area contributed by atoms with Gasteiger partial charge in [0, 0.05) is 11.1 Å². The first kappa shape index (κ1) is 12.4. The average molecular weight is 268 g/mol. The van der Waals surface area contributed by atoms with Crippen molar-refractivity contribution < 1.29 is 5.11 Å². The molecule has 2 aromatic carbocycles. The standard InChI is InChI=1S/C17H16OS/c1-12-6-2-3-7-13(12)10-16(18)15-11-19-17-9-5-4-8-14(15)17/h2-9,11,16,18H,10H2,1H3. The molecule has 2 heteroatoms. The minimum absolute atomic E-state index is 0.433. The van der Waals surface area contributed by atoms with Crippen molar-refractivity contribution in [1.82, 2.24) is 0 Å². The zero-order valence-corrected chi connectivity index (χ0v) is 11.7. The molecule has 1 N–H and O–H groups in total. The smallest absolute Gasteiger partial charge is 0.0844 e. The summed E-state index contributed by atoms with van der Waals surface area (Å²) in [7, 11) is 0. The lowest BCUT2D eigenvalue weighted by atomic mass is 9.98. The molecule has 1 aromatic heterocycles. The number of benzene rings is 2. The molecule has 0 spiro atoms. The molecule has 0 saturated heterocycles. The Morgan fingerprint density at radius 3 is 2.63 bits per heavy atom. The quantitative estimate of drug-likeness (QED) is 0.742. The van der Waals surface area contributed by atoms with E-state index in [2.05, 4.69) is 36.6 Å². The number of thiophene rings is 1. The van der Waals surface area contributed by atoms with Gasteiger partial charge in [0.05, 0.1) is 6.10 Å². The van der Waals surface area contributed by atoms with Gasteiger partial charge in [-0.15, -0.1) is 11.3 Å². The molecule has 0 aliphatic rings. The van der Waals surface area contributed by atoms with Crippen LogP contribution in [0.25, 0.3) is 10.1 Å². The molecule has 0 amide bonds. The maximum Gasteiger partial charge on any atom is 0.0844 e. The second-order valence-corrected chi connectivity index (χ2v) is 5.74. The first-order valence-electron chi connectivity index (χ1n) is 6.44. The van der Waals surface area contributed by atoms with Gasteiger partial charge >= 0.3 is 0 Å². The van der Waals surface area contributed by atoms with Crippen molar-refractivity contribution in [3.8, 4) is 0 Å². The predicted molar refractivity (Wildman–Crippen MR) is 81.7 cm³/mol. The van der Waals surface area contributed by atoms with Crippen LogP contribution < -0.4 is 0 Å². The van der Waals surface area contributed by atoms with Gasteiger partial charge in [-0.1, -0.05) is 42.5 Å². The SMILES string of the molecule is Cc1ccccc1CC(O)c1csc2ccccc12. The third kappa shape index (κ3) is 2.42. The van der Waals surface area contributed by atoms with Crippen LogP contribution in [0.1, 0.15) is 22.8 Å². The number of aliphatic hydroxyl groups is 1. The van der Waals surface area contributed by atoms with Crippen molar-refractivity contribution in [3.05, 3.63) is 70.6 Å². The largest absolute Gasteiger partial charge is 0.388 e. The summed E-state index contributed by atoms with van der Waals surface area (Å²) in [4.78, 5) is 0. The molecule has 0 aliphatic heterocycles. The van der Waals surface area contributed by atoms with Crippen LogP contribution in [-0.2, 0) is 6.42 Å². The van der Waals surface area contributed by atoms with Gasteiger partial charge in [-0.05, 0) is 40.4 Å². The van der Waals surface area contributed by atoms with E-state index in [4.69, 9.17) is 0 Å². The Labute approximate surface area is 117 Å². The molecule has 1 heterocycles. The molecule has 3 rings (SSSR count). The van der Waals surface area contributed by atoms with E-state index in [1.807, 2.05) is 24.3 Å². The fourth-order valence-electron chi connectivity index (χ4n) is 2.41. The summed E-state index contributed by atoms with van der Waals surface area (Å²) in [6.45, 7) is 2.09. The van der Waals surface area contributed by atoms with Crippen molar-refractivity contribution >= 4 is 21.4 Å². The van der Waals surface area contributed by atoms with Crippen LogP contribution in [-0.4, -0.2) is 5.11 Å². The highest BCUT2D eigenvalue weighted by Gasteiger charge is 2.14. The Kier molecular flexibility index (Phi) is 3.36. The Bertz CT molecular complexity index is 699. The Balaban J connectivity index is 1.92. The number of fused-ring (bicyclic) bond motifs is 1. The normalized spacial score (nSPS) is 12.7. The van der Waals surface area contributed by atoms with Gasteiger partial charge in [0.2, 0.25) is 0 Å². The van der Waals surface area contributed by atoms with Crippen LogP contribution in [0.3, 0.4) is 0 Å². The molecule has 0 aliphatic carbocycles. The minimum Gasteiger partial charge on any atom is -0.388 e. The van der Waals surface area contributed by atoms with Gasteiger partial charge < -0.3 is 5.11 Å². The highest BCUT2D eigenvalue weighted by molar-refractivity contribution is 7.17. The van der Waals surface area contributed by atoms with E-state index in [1.165, 1.54) is 21.2 Å². The fraction of sp³-hybridized carbons (Fsp3) is 0.176. The second-order valence-electron chi connectivity index (χ2n) is 4.83. The van der Waals surface area contributed by atoms with E-state index >= 15 is 0 Å². The molecule has 0 radical (unpaired) electrons. The number of aliphatic hydroxyl groups excluding tert-OH is 1. The fourth-order valence-corrected chi connectivity index (χ4v) is 3.42. The second kappa shape index (κ2) is 5.16. The highest BCUT2D eigenvalue weighted by atomic mass is 32.1. The highest BCUT2D eigenvalue weighted by Crippen LogP contribution is 2.32. The van der Waals surface area contributed by atoms with Crippen LogP contribution >= 0.6 is 11.3 Å². The molecule has 3 aromatic rings. The van der Waals surface area contributed by atoms with E-state index in [-0.39, 0.29) is 0 Å². The molecule has 96 valence electrons. The summed E-state index contributed by atoms with van der Waals surface area (Å²) in [6.07, 6.45) is 0.241. The summed E-state index contributed by atoms with van der Waals surface area (Å²) in [6, 6.07) is 16.5. The summed E-state index contributed by atoms with van der Waals surface area (Å²) >= 11 is 1.70. The van der Waals surface area contributed by atoms with E-state index in [9.17, 15) is 5.11 Å². The minimum atomic E-state index is -0.433. The van der Waals surface area contributed by atoms with Crippen molar-refractivity contribution in [2.24, 2.45) is 0 Å². The molecule has 1 unspecified atom stereocenters. The van der Waals surface area contributed by atoms with Crippen molar-refractivity contribution in [3.63, 3.8) is 0 Å². The molecule has 1 nitrogen and oxygen atoms in total. The zero-order valence-electron chi connectivity index (χ0n) is 10.8. The Morgan fingerprint density at radius 1 is 1.05 bits per heavy atom. The molecule has 0 bridgehead atoms. The number of aryl methyl sites for hydroxylation is 1. The van der Waals surface area contributed by atoms with E-state index in [0.717, 1.165) is 5.56 Å². The maximum absolute atomic E-state index is 10.5. The van der Waals surface area contributed by atoms with Crippen molar-refractivity contribution in [2.75, 3.05) is 0 Å². The van der Waals surface area contributed by atoms with Crippen LogP contribution in [0.5, 0.6) is 0 Å². The third-order valence-electron chi connectivity index (χ3n) is 3.54. The van der Waals surface area contributed by atoms with E-state index in [1.54, 1.807) is 11.3 Å². The predicted octanol–water partition coefficient (Wildman–Crippen LogP) is 4.49. The topological polar surface area (TPSA) is 20.2 Å². The molecule has 1 atom stereocenters. The summed E-state index contributed by atoms with van der Waals surface area (Å²) in [5, 5.41) is 13.7.